The Bertz CT molecular complexity index is 563. The highest BCUT2D eigenvalue weighted by atomic mass is 16.5. The SMILES string of the molecule is COc1ccccc1CC(=O)NCc1cc(C)on1. The Hall–Kier alpha value is -2.30. The molecule has 0 saturated carbocycles. The standard InChI is InChI=1S/C14H16N2O3/c1-10-7-12(16-19-10)9-15-14(17)8-11-5-3-4-6-13(11)18-2/h3-7H,8-9H2,1-2H3,(H,15,17). The van der Waals surface area contributed by atoms with Crippen LogP contribution in [0.2, 0.25) is 0 Å². The van der Waals surface area contributed by atoms with E-state index in [4.69, 9.17) is 9.26 Å². The third kappa shape index (κ3) is 3.58. The van der Waals surface area contributed by atoms with Gasteiger partial charge in [0.2, 0.25) is 5.91 Å². The van der Waals surface area contributed by atoms with E-state index in [0.717, 1.165) is 17.1 Å². The Morgan fingerprint density at radius 1 is 1.42 bits per heavy atom. The molecule has 0 saturated heterocycles. The molecule has 2 rings (SSSR count). The Kier molecular flexibility index (Phi) is 4.18. The lowest BCUT2D eigenvalue weighted by Crippen LogP contribution is -2.24. The lowest BCUT2D eigenvalue weighted by Gasteiger charge is -2.07. The maximum Gasteiger partial charge on any atom is 0.224 e. The van der Waals surface area contributed by atoms with Crippen LogP contribution in [0.15, 0.2) is 34.9 Å². The Morgan fingerprint density at radius 3 is 2.89 bits per heavy atom. The lowest BCUT2D eigenvalue weighted by atomic mass is 10.1. The molecule has 2 aromatic rings. The first-order valence-corrected chi connectivity index (χ1v) is 6.00. The largest absolute Gasteiger partial charge is 0.496 e. The number of rotatable bonds is 5. The number of methoxy groups -OCH3 is 1. The second-order valence-electron chi connectivity index (χ2n) is 4.19. The van der Waals surface area contributed by atoms with E-state index in [0.29, 0.717) is 12.2 Å². The van der Waals surface area contributed by atoms with Crippen molar-refractivity contribution in [3.8, 4) is 5.75 Å². The molecule has 0 fully saturated rings. The van der Waals surface area contributed by atoms with Gasteiger partial charge < -0.3 is 14.6 Å². The summed E-state index contributed by atoms with van der Waals surface area (Å²) < 4.78 is 10.1. The van der Waals surface area contributed by atoms with Crippen LogP contribution in [0.25, 0.3) is 0 Å². The van der Waals surface area contributed by atoms with Gasteiger partial charge in [0.25, 0.3) is 0 Å². The summed E-state index contributed by atoms with van der Waals surface area (Å²) in [5.74, 6) is 1.37. The van der Waals surface area contributed by atoms with E-state index in [2.05, 4.69) is 10.5 Å². The molecule has 19 heavy (non-hydrogen) atoms. The van der Waals surface area contributed by atoms with Crippen LogP contribution in [0.1, 0.15) is 17.0 Å². The number of aryl methyl sites for hydroxylation is 1. The van der Waals surface area contributed by atoms with Crippen LogP contribution in [0.3, 0.4) is 0 Å². The topological polar surface area (TPSA) is 64.4 Å². The third-order valence-corrected chi connectivity index (χ3v) is 2.69. The van der Waals surface area contributed by atoms with Gasteiger partial charge in [-0.2, -0.15) is 0 Å². The molecular formula is C14H16N2O3. The van der Waals surface area contributed by atoms with Gasteiger partial charge >= 0.3 is 0 Å². The predicted octanol–water partition coefficient (Wildman–Crippen LogP) is 1.85. The number of nitrogens with one attached hydrogen (secondary N) is 1. The number of para-hydroxylation sites is 1. The van der Waals surface area contributed by atoms with Gasteiger partial charge in [0.15, 0.2) is 0 Å². The fourth-order valence-electron chi connectivity index (χ4n) is 1.77. The zero-order valence-corrected chi connectivity index (χ0v) is 11.0. The summed E-state index contributed by atoms with van der Waals surface area (Å²) in [6.45, 7) is 2.18. The molecular weight excluding hydrogens is 244 g/mol. The van der Waals surface area contributed by atoms with Crippen molar-refractivity contribution in [1.29, 1.82) is 0 Å². The van der Waals surface area contributed by atoms with Crippen LogP contribution >= 0.6 is 0 Å². The van der Waals surface area contributed by atoms with Crippen LogP contribution in [0.4, 0.5) is 0 Å². The molecule has 1 aromatic carbocycles. The van der Waals surface area contributed by atoms with Gasteiger partial charge in [0, 0.05) is 11.6 Å². The van der Waals surface area contributed by atoms with Gasteiger partial charge in [-0.25, -0.2) is 0 Å². The summed E-state index contributed by atoms with van der Waals surface area (Å²) in [7, 11) is 1.59. The molecule has 1 N–H and O–H groups in total. The van der Waals surface area contributed by atoms with Gasteiger partial charge in [-0.05, 0) is 13.0 Å². The van der Waals surface area contributed by atoms with E-state index < -0.39 is 0 Å². The Labute approximate surface area is 111 Å². The van der Waals surface area contributed by atoms with E-state index in [1.54, 1.807) is 13.2 Å². The average molecular weight is 260 g/mol. The Morgan fingerprint density at radius 2 is 2.21 bits per heavy atom. The van der Waals surface area contributed by atoms with Gasteiger partial charge in [-0.3, -0.25) is 4.79 Å². The van der Waals surface area contributed by atoms with E-state index in [-0.39, 0.29) is 12.3 Å². The van der Waals surface area contributed by atoms with Crippen molar-refractivity contribution in [2.45, 2.75) is 19.9 Å². The number of aromatic nitrogens is 1. The van der Waals surface area contributed by atoms with Crippen LogP contribution in [0.5, 0.6) is 5.75 Å². The molecule has 0 unspecified atom stereocenters. The van der Waals surface area contributed by atoms with Crippen molar-refractivity contribution in [3.63, 3.8) is 0 Å². The quantitative estimate of drug-likeness (QED) is 0.891. The highest BCUT2D eigenvalue weighted by molar-refractivity contribution is 5.79. The summed E-state index contributed by atoms with van der Waals surface area (Å²) in [4.78, 5) is 11.8. The summed E-state index contributed by atoms with van der Waals surface area (Å²) in [6.07, 6.45) is 0.279. The number of amides is 1. The molecule has 0 aliphatic carbocycles. The molecule has 0 atom stereocenters. The fourth-order valence-corrected chi connectivity index (χ4v) is 1.77. The molecule has 5 heteroatoms. The third-order valence-electron chi connectivity index (χ3n) is 2.69. The van der Waals surface area contributed by atoms with Crippen molar-refractivity contribution in [2.75, 3.05) is 7.11 Å². The van der Waals surface area contributed by atoms with Crippen molar-refractivity contribution in [1.82, 2.24) is 10.5 Å². The second kappa shape index (κ2) is 6.04. The number of ether oxygens (including phenoxy) is 1. The van der Waals surface area contributed by atoms with Crippen LogP contribution in [-0.4, -0.2) is 18.2 Å². The smallest absolute Gasteiger partial charge is 0.224 e. The molecule has 0 aliphatic rings. The van der Waals surface area contributed by atoms with E-state index in [1.165, 1.54) is 0 Å². The molecule has 0 spiro atoms. The lowest BCUT2D eigenvalue weighted by molar-refractivity contribution is -0.120. The van der Waals surface area contributed by atoms with Gasteiger partial charge in [-0.1, -0.05) is 23.4 Å². The van der Waals surface area contributed by atoms with Crippen molar-refractivity contribution >= 4 is 5.91 Å². The molecule has 0 bridgehead atoms. The molecule has 0 radical (unpaired) electrons. The summed E-state index contributed by atoms with van der Waals surface area (Å²) in [6, 6.07) is 9.26. The van der Waals surface area contributed by atoms with Crippen LogP contribution in [-0.2, 0) is 17.8 Å². The molecule has 1 aromatic heterocycles. The van der Waals surface area contributed by atoms with E-state index in [1.807, 2.05) is 31.2 Å². The summed E-state index contributed by atoms with van der Waals surface area (Å²) in [5.41, 5.74) is 1.57. The molecule has 100 valence electrons. The Balaban J connectivity index is 1.90. The first kappa shape index (κ1) is 13.1. The van der Waals surface area contributed by atoms with Gasteiger partial charge in [0.05, 0.1) is 20.1 Å². The predicted molar refractivity (Wildman–Crippen MR) is 69.8 cm³/mol. The number of nitrogens with zero attached hydrogens (tertiary/aromatic N) is 1. The number of carbonyl (C=O) groups is 1. The maximum atomic E-state index is 11.8. The van der Waals surface area contributed by atoms with Crippen LogP contribution in [0, 0.1) is 6.92 Å². The molecule has 1 heterocycles. The van der Waals surface area contributed by atoms with Crippen molar-refractivity contribution < 1.29 is 14.1 Å². The molecule has 5 nitrogen and oxygen atoms in total. The average Bonchev–Trinajstić information content (AvgIpc) is 2.83. The number of benzene rings is 1. The molecule has 0 aliphatic heterocycles. The minimum atomic E-state index is -0.0786. The van der Waals surface area contributed by atoms with E-state index >= 15 is 0 Å². The number of carbonyl (C=O) groups excluding carboxylic acids is 1. The van der Waals surface area contributed by atoms with Gasteiger partial charge in [-0.15, -0.1) is 0 Å². The minimum Gasteiger partial charge on any atom is -0.496 e. The normalized spacial score (nSPS) is 10.2. The first-order valence-electron chi connectivity index (χ1n) is 6.00. The summed E-state index contributed by atoms with van der Waals surface area (Å²) in [5, 5.41) is 6.61. The van der Waals surface area contributed by atoms with Crippen molar-refractivity contribution in [3.05, 3.63) is 47.3 Å². The number of hydrogen-bond donors (Lipinski definition) is 1. The minimum absolute atomic E-state index is 0.0786. The van der Waals surface area contributed by atoms with Gasteiger partial charge in [0.1, 0.15) is 17.2 Å². The maximum absolute atomic E-state index is 11.8. The fraction of sp³-hybridized carbons (Fsp3) is 0.286. The zero-order valence-electron chi connectivity index (χ0n) is 11.0. The van der Waals surface area contributed by atoms with Crippen molar-refractivity contribution in [2.24, 2.45) is 0 Å². The first-order chi connectivity index (χ1) is 9.19. The monoisotopic (exact) mass is 260 g/mol. The summed E-state index contributed by atoms with van der Waals surface area (Å²) >= 11 is 0. The zero-order chi connectivity index (χ0) is 13.7. The number of hydrogen-bond acceptors (Lipinski definition) is 4. The highest BCUT2D eigenvalue weighted by Gasteiger charge is 2.08. The highest BCUT2D eigenvalue weighted by Crippen LogP contribution is 2.17. The molecule has 1 amide bonds. The van der Waals surface area contributed by atoms with Crippen LogP contribution < -0.4 is 10.1 Å². The van der Waals surface area contributed by atoms with E-state index in [9.17, 15) is 4.79 Å². The second-order valence-corrected chi connectivity index (χ2v) is 4.19.